The van der Waals surface area contributed by atoms with E-state index in [4.69, 9.17) is 0 Å². The summed E-state index contributed by atoms with van der Waals surface area (Å²) in [6.07, 6.45) is 3.25. The molecule has 3 rings (SSSR count). The second kappa shape index (κ2) is 7.96. The first kappa shape index (κ1) is 17.2. The van der Waals surface area contributed by atoms with E-state index in [-0.39, 0.29) is 5.75 Å². The third kappa shape index (κ3) is 4.25. The zero-order chi connectivity index (χ0) is 16.9. The van der Waals surface area contributed by atoms with Gasteiger partial charge in [0.25, 0.3) is 0 Å². The first-order chi connectivity index (χ1) is 11.6. The maximum Gasteiger partial charge on any atom is 0.212 e. The quantitative estimate of drug-likeness (QED) is 0.437. The van der Waals surface area contributed by atoms with E-state index in [0.29, 0.717) is 14.1 Å². The number of halogens is 2. The molecular weight excluding hydrogens is 456 g/mol. The van der Waals surface area contributed by atoms with Gasteiger partial charge in [0.15, 0.2) is 0 Å². The highest BCUT2D eigenvalue weighted by Crippen LogP contribution is 2.32. The summed E-state index contributed by atoms with van der Waals surface area (Å²) in [5.74, 6) is 0.960. The number of thioether (sulfide) groups is 1. The number of phenolic OH excluding ortho intramolecular Hbond substituents is 1. The molecule has 122 valence electrons. The fourth-order valence-corrected chi connectivity index (χ4v) is 3.95. The molecule has 0 radical (unpaired) electrons. The number of hydrogen-bond acceptors (Lipinski definition) is 5. The second-order valence-electron chi connectivity index (χ2n) is 4.81. The van der Waals surface area contributed by atoms with E-state index in [1.54, 1.807) is 41.1 Å². The van der Waals surface area contributed by atoms with E-state index in [1.165, 1.54) is 5.56 Å². The topological polar surface area (TPSA) is 63.3 Å². The molecule has 0 amide bonds. The van der Waals surface area contributed by atoms with Crippen molar-refractivity contribution in [2.45, 2.75) is 10.9 Å². The zero-order valence-electron chi connectivity index (χ0n) is 12.3. The van der Waals surface area contributed by atoms with E-state index in [9.17, 15) is 5.11 Å². The fourth-order valence-electron chi connectivity index (χ4n) is 1.90. The largest absolute Gasteiger partial charge is 0.506 e. The summed E-state index contributed by atoms with van der Waals surface area (Å²) in [6, 6.07) is 13.7. The highest BCUT2D eigenvalue weighted by Gasteiger charge is 2.06. The number of aromatic hydroxyl groups is 1. The molecule has 0 saturated heterocycles. The zero-order valence-corrected chi connectivity index (χ0v) is 16.3. The summed E-state index contributed by atoms with van der Waals surface area (Å²) in [4.78, 5) is 0. The summed E-state index contributed by atoms with van der Waals surface area (Å²) >= 11 is 8.17. The molecule has 0 aliphatic rings. The van der Waals surface area contributed by atoms with Crippen molar-refractivity contribution in [3.63, 3.8) is 0 Å². The smallest absolute Gasteiger partial charge is 0.212 e. The van der Waals surface area contributed by atoms with Gasteiger partial charge in [0.05, 0.1) is 15.2 Å². The van der Waals surface area contributed by atoms with Crippen molar-refractivity contribution in [3.05, 3.63) is 68.9 Å². The Labute approximate surface area is 160 Å². The van der Waals surface area contributed by atoms with Crippen LogP contribution in [-0.4, -0.2) is 26.2 Å². The molecule has 3 aromatic rings. The number of hydrogen-bond donors (Lipinski definition) is 1. The van der Waals surface area contributed by atoms with Crippen LogP contribution in [0.1, 0.15) is 11.1 Å². The van der Waals surface area contributed by atoms with Crippen LogP contribution in [0.25, 0.3) is 0 Å². The van der Waals surface area contributed by atoms with Gasteiger partial charge in [-0.05, 0) is 55.1 Å². The Kier molecular flexibility index (Phi) is 5.70. The van der Waals surface area contributed by atoms with Crippen molar-refractivity contribution < 1.29 is 5.11 Å². The maximum atomic E-state index is 9.74. The number of nitrogens with zero attached hydrogens (tertiary/aromatic N) is 4. The summed E-state index contributed by atoms with van der Waals surface area (Å²) in [6.45, 7) is 0. The van der Waals surface area contributed by atoms with Gasteiger partial charge in [-0.15, -0.1) is 10.2 Å². The van der Waals surface area contributed by atoms with E-state index >= 15 is 0 Å². The predicted octanol–water partition coefficient (Wildman–Crippen LogP) is 4.68. The maximum absolute atomic E-state index is 9.74. The lowest BCUT2D eigenvalue weighted by Gasteiger charge is -2.03. The third-order valence-electron chi connectivity index (χ3n) is 3.08. The van der Waals surface area contributed by atoms with Gasteiger partial charge in [0.2, 0.25) is 5.16 Å². The summed E-state index contributed by atoms with van der Waals surface area (Å²) in [5, 5.41) is 22.8. The highest BCUT2D eigenvalue weighted by atomic mass is 79.9. The van der Waals surface area contributed by atoms with Crippen LogP contribution in [0.5, 0.6) is 5.75 Å². The van der Waals surface area contributed by atoms with Crippen molar-refractivity contribution in [3.8, 4) is 5.75 Å². The lowest BCUT2D eigenvalue weighted by atomic mass is 10.2. The Morgan fingerprint density at radius 2 is 1.88 bits per heavy atom. The minimum absolute atomic E-state index is 0.163. The van der Waals surface area contributed by atoms with Crippen LogP contribution in [-0.2, 0) is 5.75 Å². The Balaban J connectivity index is 1.73. The van der Waals surface area contributed by atoms with Crippen LogP contribution in [0.4, 0.5) is 0 Å². The molecule has 5 nitrogen and oxygen atoms in total. The van der Waals surface area contributed by atoms with Gasteiger partial charge in [0, 0.05) is 5.75 Å². The van der Waals surface area contributed by atoms with Crippen molar-refractivity contribution >= 4 is 49.8 Å². The molecule has 0 spiro atoms. The predicted molar refractivity (Wildman–Crippen MR) is 103 cm³/mol. The Bertz CT molecular complexity index is 845. The lowest BCUT2D eigenvalue weighted by Crippen LogP contribution is -1.93. The van der Waals surface area contributed by atoms with E-state index in [0.717, 1.165) is 11.3 Å². The molecule has 0 saturated carbocycles. The Morgan fingerprint density at radius 3 is 2.58 bits per heavy atom. The molecule has 8 heteroatoms. The van der Waals surface area contributed by atoms with Crippen LogP contribution in [0.15, 0.2) is 68.0 Å². The van der Waals surface area contributed by atoms with Crippen LogP contribution in [0.2, 0.25) is 0 Å². The molecule has 1 N–H and O–H groups in total. The van der Waals surface area contributed by atoms with Crippen LogP contribution in [0.3, 0.4) is 0 Å². The fraction of sp³-hybridized carbons (Fsp3) is 0.0625. The van der Waals surface area contributed by atoms with Gasteiger partial charge in [-0.3, -0.25) is 0 Å². The first-order valence-electron chi connectivity index (χ1n) is 6.92. The number of phenols is 1. The van der Waals surface area contributed by atoms with Crippen molar-refractivity contribution in [2.75, 3.05) is 0 Å². The normalized spacial score (nSPS) is 11.2. The summed E-state index contributed by atoms with van der Waals surface area (Å²) < 4.78 is 2.82. The minimum atomic E-state index is 0.163. The molecule has 0 unspecified atom stereocenters. The van der Waals surface area contributed by atoms with Gasteiger partial charge in [-0.1, -0.05) is 42.1 Å². The molecule has 0 bridgehead atoms. The minimum Gasteiger partial charge on any atom is -0.506 e. The van der Waals surface area contributed by atoms with E-state index in [1.807, 2.05) is 18.2 Å². The molecule has 0 atom stereocenters. The molecule has 0 aliphatic heterocycles. The van der Waals surface area contributed by atoms with Gasteiger partial charge in [0.1, 0.15) is 12.1 Å². The third-order valence-corrected chi connectivity index (χ3v) is 5.30. The van der Waals surface area contributed by atoms with E-state index in [2.05, 4.69) is 59.3 Å². The van der Waals surface area contributed by atoms with Gasteiger partial charge < -0.3 is 5.11 Å². The summed E-state index contributed by atoms with van der Waals surface area (Å²) in [5.41, 5.74) is 2.05. The lowest BCUT2D eigenvalue weighted by molar-refractivity contribution is 0.468. The average Bonchev–Trinajstić information content (AvgIpc) is 3.04. The summed E-state index contributed by atoms with van der Waals surface area (Å²) in [7, 11) is 0. The Morgan fingerprint density at radius 1 is 1.17 bits per heavy atom. The van der Waals surface area contributed by atoms with Crippen LogP contribution < -0.4 is 0 Å². The first-order valence-corrected chi connectivity index (χ1v) is 9.50. The van der Waals surface area contributed by atoms with Crippen LogP contribution >= 0.6 is 43.6 Å². The molecule has 1 heterocycles. The van der Waals surface area contributed by atoms with Crippen molar-refractivity contribution in [2.24, 2.45) is 5.10 Å². The number of benzene rings is 2. The van der Waals surface area contributed by atoms with Gasteiger partial charge in [-0.25, -0.2) is 0 Å². The van der Waals surface area contributed by atoms with Gasteiger partial charge in [-0.2, -0.15) is 9.78 Å². The van der Waals surface area contributed by atoms with Crippen LogP contribution in [0, 0.1) is 0 Å². The SMILES string of the molecule is Oc1c(Br)cc(/C=N/n2cnnc2SCc2ccccc2)cc1Br. The Hall–Kier alpha value is -1.64. The number of rotatable bonds is 5. The van der Waals surface area contributed by atoms with Gasteiger partial charge >= 0.3 is 0 Å². The van der Waals surface area contributed by atoms with Crippen molar-refractivity contribution in [1.82, 2.24) is 14.9 Å². The van der Waals surface area contributed by atoms with E-state index < -0.39 is 0 Å². The average molecular weight is 468 g/mol. The molecular formula is C16H12Br2N4OS. The molecule has 1 aromatic heterocycles. The monoisotopic (exact) mass is 466 g/mol. The molecule has 24 heavy (non-hydrogen) atoms. The highest BCUT2D eigenvalue weighted by molar-refractivity contribution is 9.11. The number of aromatic nitrogens is 3. The molecule has 2 aromatic carbocycles. The standard InChI is InChI=1S/C16H12Br2N4OS/c17-13-6-12(7-14(18)15(13)23)8-20-22-10-19-21-16(22)24-9-11-4-2-1-3-5-11/h1-8,10,23H,9H2/b20-8+. The van der Waals surface area contributed by atoms with Crippen molar-refractivity contribution in [1.29, 1.82) is 0 Å². The molecule has 0 aliphatic carbocycles. The second-order valence-corrected chi connectivity index (χ2v) is 7.46. The molecule has 0 fully saturated rings.